The van der Waals surface area contributed by atoms with Gasteiger partial charge in [-0.15, -0.1) is 0 Å². The molecule has 3 aromatic rings. The molecule has 0 aliphatic rings. The van der Waals surface area contributed by atoms with Crippen molar-refractivity contribution < 1.29 is 17.9 Å². The summed E-state index contributed by atoms with van der Waals surface area (Å²) in [5, 5.41) is 3.12. The van der Waals surface area contributed by atoms with E-state index in [2.05, 4.69) is 5.32 Å². The number of rotatable bonds is 7. The minimum atomic E-state index is -4.13. The zero-order valence-electron chi connectivity index (χ0n) is 17.1. The van der Waals surface area contributed by atoms with Gasteiger partial charge in [0.2, 0.25) is 5.91 Å². The number of methoxy groups -OCH3 is 1. The molecule has 0 spiro atoms. The van der Waals surface area contributed by atoms with Gasteiger partial charge in [-0.2, -0.15) is 0 Å². The van der Waals surface area contributed by atoms with E-state index in [1.54, 1.807) is 30.3 Å². The summed E-state index contributed by atoms with van der Waals surface area (Å²) < 4.78 is 32.9. The predicted molar refractivity (Wildman–Crippen MR) is 129 cm³/mol. The highest BCUT2D eigenvalue weighted by Crippen LogP contribution is 2.35. The van der Waals surface area contributed by atoms with Crippen molar-refractivity contribution in [3.8, 4) is 5.75 Å². The maximum Gasteiger partial charge on any atom is 0.264 e. The Bertz CT molecular complexity index is 1250. The van der Waals surface area contributed by atoms with Gasteiger partial charge in [-0.25, -0.2) is 8.42 Å². The quantitative estimate of drug-likeness (QED) is 0.433. The summed E-state index contributed by atoms with van der Waals surface area (Å²) in [4.78, 5) is 12.8. The van der Waals surface area contributed by atoms with Gasteiger partial charge in [-0.05, 0) is 49.4 Å². The standard InChI is InChI=1S/C22H19Cl3N2O4S/c1-14-6-9-16(10-7-14)32(29,30)27(19-5-3-4-17(23)22(19)25)13-21(28)26-15-8-11-20(31-2)18(24)12-15/h3-12H,13H2,1-2H3,(H,26,28). The normalized spacial score (nSPS) is 11.2. The van der Waals surface area contributed by atoms with E-state index < -0.39 is 22.5 Å². The summed E-state index contributed by atoms with van der Waals surface area (Å²) in [6, 6.07) is 15.5. The number of aryl methyl sites for hydroxylation is 1. The summed E-state index contributed by atoms with van der Waals surface area (Å²) in [7, 11) is -2.66. The highest BCUT2D eigenvalue weighted by molar-refractivity contribution is 7.92. The molecule has 1 N–H and O–H groups in total. The van der Waals surface area contributed by atoms with Crippen molar-refractivity contribution >= 4 is 62.1 Å². The number of carbonyl (C=O) groups is 1. The molecule has 0 fully saturated rings. The Hall–Kier alpha value is -2.45. The van der Waals surface area contributed by atoms with Crippen molar-refractivity contribution in [1.82, 2.24) is 0 Å². The predicted octanol–water partition coefficient (Wildman–Crippen LogP) is 5.80. The van der Waals surface area contributed by atoms with Crippen molar-refractivity contribution in [2.45, 2.75) is 11.8 Å². The van der Waals surface area contributed by atoms with Crippen LogP contribution in [0.15, 0.2) is 65.6 Å². The van der Waals surface area contributed by atoms with E-state index in [0.29, 0.717) is 16.5 Å². The number of nitrogens with zero attached hydrogens (tertiary/aromatic N) is 1. The summed E-state index contributed by atoms with van der Waals surface area (Å²) in [6.45, 7) is 1.30. The maximum atomic E-state index is 13.4. The summed E-state index contributed by atoms with van der Waals surface area (Å²) >= 11 is 18.5. The van der Waals surface area contributed by atoms with E-state index in [1.807, 2.05) is 6.92 Å². The Morgan fingerprint density at radius 2 is 1.69 bits per heavy atom. The number of nitrogens with one attached hydrogen (secondary N) is 1. The topological polar surface area (TPSA) is 75.7 Å². The molecule has 0 unspecified atom stereocenters. The number of amides is 1. The van der Waals surface area contributed by atoms with E-state index in [4.69, 9.17) is 39.5 Å². The third-order valence-electron chi connectivity index (χ3n) is 4.53. The number of ether oxygens (including phenoxy) is 1. The number of halogens is 3. The molecule has 0 saturated carbocycles. The number of carbonyl (C=O) groups excluding carboxylic acids is 1. The highest BCUT2D eigenvalue weighted by atomic mass is 35.5. The number of benzene rings is 3. The van der Waals surface area contributed by atoms with Crippen LogP contribution in [-0.4, -0.2) is 28.0 Å². The largest absolute Gasteiger partial charge is 0.495 e. The summed E-state index contributed by atoms with van der Waals surface area (Å²) in [5.74, 6) is -0.156. The van der Waals surface area contributed by atoms with Gasteiger partial charge in [0.15, 0.2) is 0 Å². The second-order valence-corrected chi connectivity index (χ2v) is 9.85. The van der Waals surface area contributed by atoms with Crippen molar-refractivity contribution in [3.05, 3.63) is 81.3 Å². The third-order valence-corrected chi connectivity index (χ3v) is 7.41. The molecule has 0 radical (unpaired) electrons. The average molecular weight is 514 g/mol. The van der Waals surface area contributed by atoms with Gasteiger partial charge in [-0.1, -0.05) is 58.6 Å². The van der Waals surface area contributed by atoms with Crippen molar-refractivity contribution in [2.24, 2.45) is 0 Å². The van der Waals surface area contributed by atoms with Crippen LogP contribution in [0.3, 0.4) is 0 Å². The minimum absolute atomic E-state index is 0.0134. The van der Waals surface area contributed by atoms with Crippen LogP contribution >= 0.6 is 34.8 Å². The molecule has 10 heteroatoms. The molecule has 0 aromatic heterocycles. The van der Waals surface area contributed by atoms with Crippen molar-refractivity contribution in [1.29, 1.82) is 0 Å². The smallest absolute Gasteiger partial charge is 0.264 e. The molecule has 3 aromatic carbocycles. The number of anilines is 2. The molecule has 32 heavy (non-hydrogen) atoms. The van der Waals surface area contributed by atoms with E-state index in [-0.39, 0.29) is 20.6 Å². The zero-order valence-corrected chi connectivity index (χ0v) is 20.2. The van der Waals surface area contributed by atoms with Gasteiger partial charge in [0.05, 0.1) is 32.8 Å². The molecule has 3 rings (SSSR count). The van der Waals surface area contributed by atoms with Crippen LogP contribution in [0, 0.1) is 6.92 Å². The lowest BCUT2D eigenvalue weighted by atomic mass is 10.2. The average Bonchev–Trinajstić information content (AvgIpc) is 2.74. The van der Waals surface area contributed by atoms with Crippen LogP contribution in [0.1, 0.15) is 5.56 Å². The molecule has 0 atom stereocenters. The summed E-state index contributed by atoms with van der Waals surface area (Å²) in [5.41, 5.74) is 1.36. The molecule has 0 bridgehead atoms. The lowest BCUT2D eigenvalue weighted by Gasteiger charge is -2.25. The fourth-order valence-electron chi connectivity index (χ4n) is 2.90. The third kappa shape index (κ3) is 5.30. The van der Waals surface area contributed by atoms with Crippen LogP contribution in [0.4, 0.5) is 11.4 Å². The number of sulfonamides is 1. The highest BCUT2D eigenvalue weighted by Gasteiger charge is 2.29. The summed E-state index contributed by atoms with van der Waals surface area (Å²) in [6.07, 6.45) is 0. The second kappa shape index (κ2) is 10.0. The Morgan fingerprint density at radius 3 is 2.31 bits per heavy atom. The van der Waals surface area contributed by atoms with Gasteiger partial charge < -0.3 is 10.1 Å². The van der Waals surface area contributed by atoms with Crippen molar-refractivity contribution in [2.75, 3.05) is 23.3 Å². The Balaban J connectivity index is 1.97. The fraction of sp³-hybridized carbons (Fsp3) is 0.136. The Morgan fingerprint density at radius 1 is 1.00 bits per heavy atom. The van der Waals surface area contributed by atoms with E-state index in [9.17, 15) is 13.2 Å². The first-order valence-electron chi connectivity index (χ1n) is 9.30. The van der Waals surface area contributed by atoms with Crippen LogP contribution in [0.25, 0.3) is 0 Å². The monoisotopic (exact) mass is 512 g/mol. The molecule has 0 heterocycles. The second-order valence-electron chi connectivity index (χ2n) is 6.80. The van der Waals surface area contributed by atoms with Crippen LogP contribution < -0.4 is 14.4 Å². The van der Waals surface area contributed by atoms with E-state index in [1.165, 1.54) is 37.4 Å². The Labute approximate surface area is 201 Å². The van der Waals surface area contributed by atoms with Gasteiger partial charge in [0.1, 0.15) is 12.3 Å². The van der Waals surface area contributed by atoms with E-state index >= 15 is 0 Å². The van der Waals surface area contributed by atoms with Crippen molar-refractivity contribution in [3.63, 3.8) is 0 Å². The van der Waals surface area contributed by atoms with Crippen LogP contribution in [0.5, 0.6) is 5.75 Å². The van der Waals surface area contributed by atoms with Gasteiger partial charge in [0.25, 0.3) is 10.0 Å². The van der Waals surface area contributed by atoms with Crippen LogP contribution in [-0.2, 0) is 14.8 Å². The first-order valence-corrected chi connectivity index (χ1v) is 11.9. The molecule has 1 amide bonds. The first-order chi connectivity index (χ1) is 15.1. The zero-order chi connectivity index (χ0) is 23.5. The molecule has 6 nitrogen and oxygen atoms in total. The number of hydrogen-bond donors (Lipinski definition) is 1. The van der Waals surface area contributed by atoms with Gasteiger partial charge in [-0.3, -0.25) is 9.10 Å². The minimum Gasteiger partial charge on any atom is -0.495 e. The molecule has 0 aliphatic heterocycles. The SMILES string of the molecule is COc1ccc(NC(=O)CN(c2cccc(Cl)c2Cl)S(=O)(=O)c2ccc(C)cc2)cc1Cl. The maximum absolute atomic E-state index is 13.4. The number of hydrogen-bond acceptors (Lipinski definition) is 4. The molecular weight excluding hydrogens is 495 g/mol. The Kier molecular flexibility index (Phi) is 7.56. The molecular formula is C22H19Cl3N2O4S. The fourth-order valence-corrected chi connectivity index (χ4v) is 5.04. The first kappa shape index (κ1) is 24.2. The molecule has 0 saturated heterocycles. The van der Waals surface area contributed by atoms with Crippen LogP contribution in [0.2, 0.25) is 15.1 Å². The molecule has 0 aliphatic carbocycles. The lowest BCUT2D eigenvalue weighted by molar-refractivity contribution is -0.114. The lowest BCUT2D eigenvalue weighted by Crippen LogP contribution is -2.38. The van der Waals surface area contributed by atoms with E-state index in [0.717, 1.165) is 9.87 Å². The molecule has 168 valence electrons. The van der Waals surface area contributed by atoms with Gasteiger partial charge >= 0.3 is 0 Å². The van der Waals surface area contributed by atoms with Gasteiger partial charge in [0, 0.05) is 5.69 Å².